The molecule has 0 heterocycles. The van der Waals surface area contributed by atoms with Crippen LogP contribution in [-0.2, 0) is 14.8 Å². The average molecular weight is 285 g/mol. The van der Waals surface area contributed by atoms with Gasteiger partial charge in [-0.15, -0.1) is 0 Å². The topological polar surface area (TPSA) is 46.6 Å². The molecule has 0 aliphatic rings. The Kier molecular flexibility index (Phi) is 5.52. The van der Waals surface area contributed by atoms with Crippen molar-refractivity contribution >= 4 is 10.0 Å². The SMILES string of the molecule is COCCCN(C)S(=O)(=O)c1c(C)cc(C)cc1C. The second kappa shape index (κ2) is 6.50. The van der Waals surface area contributed by atoms with E-state index in [1.54, 1.807) is 14.2 Å². The van der Waals surface area contributed by atoms with E-state index in [9.17, 15) is 8.42 Å². The first kappa shape index (κ1) is 16.1. The van der Waals surface area contributed by atoms with Gasteiger partial charge in [0, 0.05) is 27.3 Å². The lowest BCUT2D eigenvalue weighted by Gasteiger charge is -2.20. The van der Waals surface area contributed by atoms with Gasteiger partial charge in [0.1, 0.15) is 0 Å². The van der Waals surface area contributed by atoms with E-state index in [1.807, 2.05) is 32.9 Å². The first-order chi connectivity index (χ1) is 8.80. The maximum atomic E-state index is 12.6. The maximum absolute atomic E-state index is 12.6. The molecular formula is C14H23NO3S. The van der Waals surface area contributed by atoms with E-state index in [0.29, 0.717) is 24.5 Å². The van der Waals surface area contributed by atoms with Gasteiger partial charge in [-0.3, -0.25) is 0 Å². The summed E-state index contributed by atoms with van der Waals surface area (Å²) in [5.74, 6) is 0. The molecule has 5 heteroatoms. The molecule has 0 amide bonds. The van der Waals surface area contributed by atoms with Gasteiger partial charge in [0.15, 0.2) is 0 Å². The molecule has 0 aliphatic carbocycles. The Labute approximate surface area is 116 Å². The van der Waals surface area contributed by atoms with Crippen LogP contribution in [0.5, 0.6) is 0 Å². The van der Waals surface area contributed by atoms with Crippen molar-refractivity contribution in [2.75, 3.05) is 27.3 Å². The highest BCUT2D eigenvalue weighted by molar-refractivity contribution is 7.89. The van der Waals surface area contributed by atoms with Crippen molar-refractivity contribution in [3.05, 3.63) is 28.8 Å². The van der Waals surface area contributed by atoms with Gasteiger partial charge in [-0.1, -0.05) is 17.7 Å². The predicted molar refractivity (Wildman–Crippen MR) is 77.0 cm³/mol. The van der Waals surface area contributed by atoms with Crippen LogP contribution in [-0.4, -0.2) is 40.0 Å². The van der Waals surface area contributed by atoms with E-state index in [1.165, 1.54) is 4.31 Å². The molecular weight excluding hydrogens is 262 g/mol. The molecule has 0 N–H and O–H groups in total. The van der Waals surface area contributed by atoms with Crippen LogP contribution < -0.4 is 0 Å². The summed E-state index contributed by atoms with van der Waals surface area (Å²) in [5.41, 5.74) is 2.68. The third-order valence-corrected chi connectivity index (χ3v) is 5.26. The Morgan fingerprint density at radius 1 is 1.16 bits per heavy atom. The van der Waals surface area contributed by atoms with Crippen molar-refractivity contribution in [1.82, 2.24) is 4.31 Å². The fraction of sp³-hybridized carbons (Fsp3) is 0.571. The number of sulfonamides is 1. The van der Waals surface area contributed by atoms with E-state index >= 15 is 0 Å². The maximum Gasteiger partial charge on any atom is 0.243 e. The Bertz CT molecular complexity index is 515. The van der Waals surface area contributed by atoms with Crippen molar-refractivity contribution in [2.45, 2.75) is 32.1 Å². The third-order valence-electron chi connectivity index (χ3n) is 3.09. The highest BCUT2D eigenvalue weighted by Crippen LogP contribution is 2.24. The molecule has 108 valence electrons. The van der Waals surface area contributed by atoms with Gasteiger partial charge < -0.3 is 4.74 Å². The van der Waals surface area contributed by atoms with Crippen molar-refractivity contribution in [1.29, 1.82) is 0 Å². The molecule has 0 atom stereocenters. The van der Waals surface area contributed by atoms with E-state index in [0.717, 1.165) is 16.7 Å². The van der Waals surface area contributed by atoms with E-state index in [2.05, 4.69) is 0 Å². The summed E-state index contributed by atoms with van der Waals surface area (Å²) >= 11 is 0. The number of hydrogen-bond acceptors (Lipinski definition) is 3. The number of nitrogens with zero attached hydrogens (tertiary/aromatic N) is 1. The molecule has 0 spiro atoms. The predicted octanol–water partition coefficient (Wildman–Crippen LogP) is 2.27. The number of ether oxygens (including phenoxy) is 1. The van der Waals surface area contributed by atoms with Gasteiger partial charge in [-0.25, -0.2) is 12.7 Å². The fourth-order valence-corrected chi connectivity index (χ4v) is 3.89. The lowest BCUT2D eigenvalue weighted by Crippen LogP contribution is -2.29. The number of rotatable bonds is 6. The molecule has 1 aromatic rings. The zero-order valence-electron chi connectivity index (χ0n) is 12.4. The lowest BCUT2D eigenvalue weighted by atomic mass is 10.1. The highest BCUT2D eigenvalue weighted by Gasteiger charge is 2.24. The molecule has 0 aromatic heterocycles. The highest BCUT2D eigenvalue weighted by atomic mass is 32.2. The minimum atomic E-state index is -3.42. The van der Waals surface area contributed by atoms with Crippen molar-refractivity contribution < 1.29 is 13.2 Å². The van der Waals surface area contributed by atoms with Gasteiger partial charge >= 0.3 is 0 Å². The first-order valence-electron chi connectivity index (χ1n) is 6.34. The number of methoxy groups -OCH3 is 1. The van der Waals surface area contributed by atoms with Crippen LogP contribution in [0.3, 0.4) is 0 Å². The minimum absolute atomic E-state index is 0.429. The molecule has 0 bridgehead atoms. The van der Waals surface area contributed by atoms with Crippen LogP contribution in [0.25, 0.3) is 0 Å². The summed E-state index contributed by atoms with van der Waals surface area (Å²) in [5, 5.41) is 0. The Hall–Kier alpha value is -0.910. The molecule has 0 fully saturated rings. The summed E-state index contributed by atoms with van der Waals surface area (Å²) in [6.07, 6.45) is 0.691. The summed E-state index contributed by atoms with van der Waals surface area (Å²) in [6, 6.07) is 3.81. The first-order valence-corrected chi connectivity index (χ1v) is 7.78. The minimum Gasteiger partial charge on any atom is -0.385 e. The summed E-state index contributed by atoms with van der Waals surface area (Å²) < 4.78 is 31.5. The monoisotopic (exact) mass is 285 g/mol. The van der Waals surface area contributed by atoms with Crippen molar-refractivity contribution in [2.24, 2.45) is 0 Å². The number of benzene rings is 1. The molecule has 4 nitrogen and oxygen atoms in total. The average Bonchev–Trinajstić information content (AvgIpc) is 2.27. The smallest absolute Gasteiger partial charge is 0.243 e. The molecule has 0 radical (unpaired) electrons. The van der Waals surface area contributed by atoms with Gasteiger partial charge in [-0.2, -0.15) is 0 Å². The molecule has 1 rings (SSSR count). The third kappa shape index (κ3) is 3.78. The van der Waals surface area contributed by atoms with E-state index in [-0.39, 0.29) is 0 Å². The largest absolute Gasteiger partial charge is 0.385 e. The summed E-state index contributed by atoms with van der Waals surface area (Å²) in [7, 11) is -0.191. The van der Waals surface area contributed by atoms with Crippen molar-refractivity contribution in [3.8, 4) is 0 Å². The molecule has 19 heavy (non-hydrogen) atoms. The van der Waals surface area contributed by atoms with E-state index in [4.69, 9.17) is 4.74 Å². The molecule has 0 aliphatic heterocycles. The second-order valence-corrected chi connectivity index (χ2v) is 6.88. The summed E-state index contributed by atoms with van der Waals surface area (Å²) in [4.78, 5) is 0.429. The standard InChI is InChI=1S/C14H23NO3S/c1-11-9-12(2)14(13(3)10-11)19(16,17)15(4)7-6-8-18-5/h9-10H,6-8H2,1-5H3. The van der Waals surface area contributed by atoms with Gasteiger partial charge in [0.05, 0.1) is 4.90 Å². The zero-order chi connectivity index (χ0) is 14.6. The lowest BCUT2D eigenvalue weighted by molar-refractivity contribution is 0.189. The van der Waals surface area contributed by atoms with Gasteiger partial charge in [-0.05, 0) is 38.3 Å². The van der Waals surface area contributed by atoms with Crippen LogP contribution >= 0.6 is 0 Å². The van der Waals surface area contributed by atoms with Gasteiger partial charge in [0.2, 0.25) is 10.0 Å². The number of aryl methyl sites for hydroxylation is 3. The van der Waals surface area contributed by atoms with Crippen LogP contribution in [0.15, 0.2) is 17.0 Å². The Morgan fingerprint density at radius 2 is 1.68 bits per heavy atom. The molecule has 0 saturated heterocycles. The van der Waals surface area contributed by atoms with Crippen molar-refractivity contribution in [3.63, 3.8) is 0 Å². The molecule has 1 aromatic carbocycles. The van der Waals surface area contributed by atoms with Crippen LogP contribution in [0.4, 0.5) is 0 Å². The van der Waals surface area contributed by atoms with Gasteiger partial charge in [0.25, 0.3) is 0 Å². The molecule has 0 unspecified atom stereocenters. The van der Waals surface area contributed by atoms with Crippen LogP contribution in [0.2, 0.25) is 0 Å². The Morgan fingerprint density at radius 3 is 2.16 bits per heavy atom. The van der Waals surface area contributed by atoms with Crippen LogP contribution in [0.1, 0.15) is 23.1 Å². The zero-order valence-corrected chi connectivity index (χ0v) is 13.2. The normalized spacial score (nSPS) is 12.1. The molecule has 0 saturated carbocycles. The Balaban J connectivity index is 3.07. The van der Waals surface area contributed by atoms with Crippen LogP contribution in [0, 0.1) is 20.8 Å². The fourth-order valence-electron chi connectivity index (χ4n) is 2.28. The summed E-state index contributed by atoms with van der Waals surface area (Å²) in [6.45, 7) is 6.68. The van der Waals surface area contributed by atoms with E-state index < -0.39 is 10.0 Å². The second-order valence-electron chi connectivity index (χ2n) is 4.90. The number of hydrogen-bond donors (Lipinski definition) is 0. The quantitative estimate of drug-likeness (QED) is 0.753.